The van der Waals surface area contributed by atoms with Gasteiger partial charge in [-0.2, -0.15) is 5.10 Å². The molecule has 0 spiro atoms. The molecular formula is C21H29N5O. The second kappa shape index (κ2) is 8.48. The Balaban J connectivity index is 2.07. The van der Waals surface area contributed by atoms with Gasteiger partial charge >= 0.3 is 0 Å². The van der Waals surface area contributed by atoms with Gasteiger partial charge in [0.25, 0.3) is 0 Å². The second-order valence-corrected chi connectivity index (χ2v) is 6.70. The molecule has 3 rings (SSSR count). The molecule has 0 bridgehead atoms. The monoisotopic (exact) mass is 367 g/mol. The number of aryl methyl sites for hydroxylation is 2. The van der Waals surface area contributed by atoms with Crippen molar-refractivity contribution in [1.82, 2.24) is 14.7 Å². The Kier molecular flexibility index (Phi) is 6.06. The quantitative estimate of drug-likeness (QED) is 0.756. The van der Waals surface area contributed by atoms with Crippen LogP contribution in [0.3, 0.4) is 0 Å². The van der Waals surface area contributed by atoms with E-state index in [0.717, 1.165) is 54.5 Å². The predicted octanol–water partition coefficient (Wildman–Crippen LogP) is 2.74. The first-order valence-corrected chi connectivity index (χ1v) is 9.81. The van der Waals surface area contributed by atoms with Crippen LogP contribution < -0.4 is 4.90 Å². The topological polar surface area (TPSA) is 53.7 Å². The molecule has 1 aromatic carbocycles. The zero-order valence-electron chi connectivity index (χ0n) is 16.8. The molecule has 0 unspecified atom stereocenters. The number of rotatable bonds is 7. The lowest BCUT2D eigenvalue weighted by Crippen LogP contribution is -2.40. The number of amides is 1. The van der Waals surface area contributed by atoms with E-state index in [1.807, 2.05) is 46.8 Å². The van der Waals surface area contributed by atoms with Gasteiger partial charge in [-0.05, 0) is 26.9 Å². The van der Waals surface area contributed by atoms with Crippen LogP contribution >= 0.6 is 0 Å². The number of fused-ring (bicyclic) bond motifs is 1. The van der Waals surface area contributed by atoms with Crippen LogP contribution in [-0.4, -0.2) is 59.0 Å². The number of hydrogen-bond donors (Lipinski definition) is 0. The van der Waals surface area contributed by atoms with Gasteiger partial charge in [-0.3, -0.25) is 14.5 Å². The number of carbonyl (C=O) groups is 1. The molecule has 0 saturated heterocycles. The van der Waals surface area contributed by atoms with E-state index in [2.05, 4.69) is 25.7 Å². The van der Waals surface area contributed by atoms with Crippen LogP contribution in [0.5, 0.6) is 0 Å². The number of aliphatic imine (C=N–C) groups is 1. The van der Waals surface area contributed by atoms with E-state index < -0.39 is 0 Å². The van der Waals surface area contributed by atoms with Crippen LogP contribution in [0.15, 0.2) is 35.3 Å². The average Bonchev–Trinajstić information content (AvgIpc) is 2.94. The van der Waals surface area contributed by atoms with Crippen LogP contribution in [0.2, 0.25) is 0 Å². The fraction of sp³-hybridized carbons (Fsp3) is 0.476. The van der Waals surface area contributed by atoms with Crippen molar-refractivity contribution in [2.24, 2.45) is 4.99 Å². The number of carbonyl (C=O) groups excluding carboxylic acids is 1. The first-order valence-electron chi connectivity index (χ1n) is 9.81. The molecule has 1 amide bonds. The van der Waals surface area contributed by atoms with Gasteiger partial charge in [-0.15, -0.1) is 0 Å². The van der Waals surface area contributed by atoms with Crippen LogP contribution in [0.25, 0.3) is 0 Å². The van der Waals surface area contributed by atoms with Crippen molar-refractivity contribution in [3.63, 3.8) is 0 Å². The van der Waals surface area contributed by atoms with Gasteiger partial charge < -0.3 is 9.80 Å². The van der Waals surface area contributed by atoms with E-state index in [1.165, 1.54) is 0 Å². The van der Waals surface area contributed by atoms with Crippen LogP contribution in [0.1, 0.15) is 37.7 Å². The summed E-state index contributed by atoms with van der Waals surface area (Å²) in [4.78, 5) is 21.9. The molecule has 2 heterocycles. The smallest absolute Gasteiger partial charge is 0.248 e. The van der Waals surface area contributed by atoms with Gasteiger partial charge in [0.2, 0.25) is 5.91 Å². The molecule has 0 saturated carbocycles. The largest absolute Gasteiger partial charge is 0.306 e. The Morgan fingerprint density at radius 1 is 1.11 bits per heavy atom. The maximum Gasteiger partial charge on any atom is 0.248 e. The first kappa shape index (κ1) is 19.3. The molecular weight excluding hydrogens is 338 g/mol. The lowest BCUT2D eigenvalue weighted by molar-refractivity contribution is -0.117. The average molecular weight is 367 g/mol. The Morgan fingerprint density at radius 2 is 1.81 bits per heavy atom. The van der Waals surface area contributed by atoms with E-state index in [9.17, 15) is 4.79 Å². The lowest BCUT2D eigenvalue weighted by atomic mass is 10.1. The van der Waals surface area contributed by atoms with Crippen molar-refractivity contribution in [1.29, 1.82) is 0 Å². The number of aromatic nitrogens is 2. The fourth-order valence-corrected chi connectivity index (χ4v) is 3.63. The van der Waals surface area contributed by atoms with Gasteiger partial charge in [0.1, 0.15) is 12.2 Å². The Hall–Kier alpha value is -2.47. The van der Waals surface area contributed by atoms with E-state index in [-0.39, 0.29) is 12.5 Å². The fourth-order valence-electron chi connectivity index (χ4n) is 3.63. The summed E-state index contributed by atoms with van der Waals surface area (Å²) in [6, 6.07) is 10.1. The highest BCUT2D eigenvalue weighted by atomic mass is 16.2. The normalized spacial score (nSPS) is 14.3. The minimum atomic E-state index is 0.0353. The highest BCUT2D eigenvalue weighted by Gasteiger charge is 2.31. The van der Waals surface area contributed by atoms with Crippen LogP contribution in [0.4, 0.5) is 5.69 Å². The molecule has 2 aromatic rings. The highest BCUT2D eigenvalue weighted by molar-refractivity contribution is 6.19. The highest BCUT2D eigenvalue weighted by Crippen LogP contribution is 2.30. The summed E-state index contributed by atoms with van der Waals surface area (Å²) >= 11 is 0. The standard InChI is InChI=1S/C21H29N5O/c1-5-24(6-2)13-14-25-18(27)15-22-19(17-11-9-8-10-12-17)21-20(25)16(4)23-26(21)7-3/h8-12H,5-7,13-15H2,1-4H3. The molecule has 0 radical (unpaired) electrons. The number of hydrogen-bond acceptors (Lipinski definition) is 4. The zero-order valence-corrected chi connectivity index (χ0v) is 16.8. The van der Waals surface area contributed by atoms with Crippen molar-refractivity contribution in [2.75, 3.05) is 37.6 Å². The van der Waals surface area contributed by atoms with E-state index in [0.29, 0.717) is 6.54 Å². The number of anilines is 1. The summed E-state index contributed by atoms with van der Waals surface area (Å²) in [6.07, 6.45) is 0. The third-order valence-corrected chi connectivity index (χ3v) is 5.14. The summed E-state index contributed by atoms with van der Waals surface area (Å²) in [5, 5.41) is 4.71. The number of nitrogens with zero attached hydrogens (tertiary/aromatic N) is 5. The number of likely N-dealkylation sites (N-methyl/N-ethyl adjacent to an activating group) is 1. The molecule has 6 heteroatoms. The molecule has 0 fully saturated rings. The summed E-state index contributed by atoms with van der Waals surface area (Å²) in [5.74, 6) is 0.0353. The van der Waals surface area contributed by atoms with E-state index in [1.54, 1.807) is 0 Å². The van der Waals surface area contributed by atoms with Crippen molar-refractivity contribution in [3.05, 3.63) is 47.3 Å². The predicted molar refractivity (Wildman–Crippen MR) is 110 cm³/mol. The minimum Gasteiger partial charge on any atom is -0.306 e. The molecule has 1 aliphatic heterocycles. The summed E-state index contributed by atoms with van der Waals surface area (Å²) in [6.45, 7) is 12.7. The Morgan fingerprint density at radius 3 is 2.44 bits per heavy atom. The Labute approximate surface area is 161 Å². The molecule has 0 aliphatic carbocycles. The number of benzene rings is 1. The SMILES string of the molecule is CCN(CC)CCN1C(=O)CN=C(c2ccccc2)c2c1c(C)nn2CC. The van der Waals surface area contributed by atoms with Crippen molar-refractivity contribution in [3.8, 4) is 0 Å². The maximum absolute atomic E-state index is 13.0. The third-order valence-electron chi connectivity index (χ3n) is 5.14. The van der Waals surface area contributed by atoms with Gasteiger partial charge in [0.05, 0.1) is 17.1 Å². The van der Waals surface area contributed by atoms with Crippen LogP contribution in [-0.2, 0) is 11.3 Å². The molecule has 0 N–H and O–H groups in total. The van der Waals surface area contributed by atoms with E-state index in [4.69, 9.17) is 10.1 Å². The van der Waals surface area contributed by atoms with Crippen molar-refractivity contribution in [2.45, 2.75) is 34.2 Å². The summed E-state index contributed by atoms with van der Waals surface area (Å²) < 4.78 is 1.97. The third kappa shape index (κ3) is 3.81. The molecule has 27 heavy (non-hydrogen) atoms. The first-order chi connectivity index (χ1) is 13.1. The summed E-state index contributed by atoms with van der Waals surface area (Å²) in [7, 11) is 0. The molecule has 1 aliphatic rings. The van der Waals surface area contributed by atoms with Gasteiger partial charge in [-0.1, -0.05) is 44.2 Å². The maximum atomic E-state index is 13.0. The molecule has 144 valence electrons. The Bertz CT molecular complexity index is 821. The van der Waals surface area contributed by atoms with E-state index >= 15 is 0 Å². The second-order valence-electron chi connectivity index (χ2n) is 6.70. The lowest BCUT2D eigenvalue weighted by Gasteiger charge is -2.25. The zero-order chi connectivity index (χ0) is 19.4. The van der Waals surface area contributed by atoms with Gasteiger partial charge in [-0.25, -0.2) is 0 Å². The van der Waals surface area contributed by atoms with Gasteiger partial charge in [0.15, 0.2) is 0 Å². The van der Waals surface area contributed by atoms with Crippen molar-refractivity contribution >= 4 is 17.3 Å². The van der Waals surface area contributed by atoms with Crippen LogP contribution in [0, 0.1) is 6.92 Å². The molecule has 6 nitrogen and oxygen atoms in total. The van der Waals surface area contributed by atoms with Crippen molar-refractivity contribution < 1.29 is 4.79 Å². The minimum absolute atomic E-state index is 0.0353. The molecule has 0 atom stereocenters. The van der Waals surface area contributed by atoms with Gasteiger partial charge in [0, 0.05) is 25.2 Å². The molecule has 1 aromatic heterocycles. The summed E-state index contributed by atoms with van der Waals surface area (Å²) in [5.41, 5.74) is 4.62.